The van der Waals surface area contributed by atoms with Crippen LogP contribution in [0.2, 0.25) is 0 Å². The highest BCUT2D eigenvalue weighted by molar-refractivity contribution is 7.89. The minimum atomic E-state index is -3.50. The number of nitrogens with zero attached hydrogens (tertiary/aromatic N) is 2. The number of sulfonamides is 1. The molecule has 0 saturated carbocycles. The van der Waals surface area contributed by atoms with Crippen molar-refractivity contribution in [3.63, 3.8) is 0 Å². The van der Waals surface area contributed by atoms with Crippen LogP contribution in [0.25, 0.3) is 0 Å². The number of benzene rings is 1. The van der Waals surface area contributed by atoms with Crippen LogP contribution in [0.3, 0.4) is 0 Å². The van der Waals surface area contributed by atoms with Gasteiger partial charge in [-0.1, -0.05) is 17.7 Å². The van der Waals surface area contributed by atoms with Gasteiger partial charge in [-0.2, -0.15) is 5.10 Å². The van der Waals surface area contributed by atoms with Gasteiger partial charge in [0.2, 0.25) is 10.0 Å². The Kier molecular flexibility index (Phi) is 4.87. The zero-order chi connectivity index (χ0) is 15.3. The molecule has 0 unspecified atom stereocenters. The molecule has 0 aliphatic heterocycles. The monoisotopic (exact) mass is 307 g/mol. The van der Waals surface area contributed by atoms with Crippen molar-refractivity contribution in [3.05, 3.63) is 58.5 Å². The maximum atomic E-state index is 12.0. The second kappa shape index (κ2) is 6.64. The molecule has 0 aliphatic rings. The Balaban J connectivity index is 1.90. The first-order chi connectivity index (χ1) is 9.99. The van der Waals surface area contributed by atoms with E-state index >= 15 is 0 Å². The maximum Gasteiger partial charge on any atom is 0.266 e. The first kappa shape index (κ1) is 15.4. The smallest absolute Gasteiger partial charge is 0.266 e. The molecule has 1 aromatic carbocycles. The van der Waals surface area contributed by atoms with Crippen molar-refractivity contribution in [3.8, 4) is 0 Å². The number of aryl methyl sites for hydroxylation is 2. The lowest BCUT2D eigenvalue weighted by molar-refractivity contribution is 0.535. The van der Waals surface area contributed by atoms with E-state index in [1.165, 1.54) is 16.9 Å². The molecule has 0 amide bonds. The Hall–Kier alpha value is -1.99. The van der Waals surface area contributed by atoms with Crippen LogP contribution in [0.1, 0.15) is 12.0 Å². The van der Waals surface area contributed by atoms with Crippen LogP contribution in [0, 0.1) is 6.92 Å². The van der Waals surface area contributed by atoms with Gasteiger partial charge in [0.05, 0.1) is 4.90 Å². The van der Waals surface area contributed by atoms with E-state index in [1.807, 2.05) is 6.92 Å². The highest BCUT2D eigenvalue weighted by Gasteiger charge is 2.12. The number of nitrogens with one attached hydrogen (secondary N) is 1. The van der Waals surface area contributed by atoms with Gasteiger partial charge in [0.15, 0.2) is 0 Å². The highest BCUT2D eigenvalue weighted by atomic mass is 32.2. The molecule has 0 atom stereocenters. The summed E-state index contributed by atoms with van der Waals surface area (Å²) in [5.41, 5.74) is 0.808. The molecular formula is C14H17N3O3S. The van der Waals surface area contributed by atoms with Crippen molar-refractivity contribution in [2.75, 3.05) is 6.54 Å². The van der Waals surface area contributed by atoms with Gasteiger partial charge >= 0.3 is 0 Å². The second-order valence-electron chi connectivity index (χ2n) is 4.65. The maximum absolute atomic E-state index is 12.0. The molecule has 21 heavy (non-hydrogen) atoms. The van der Waals surface area contributed by atoms with Crippen LogP contribution in [0.15, 0.2) is 52.3 Å². The van der Waals surface area contributed by atoms with Crippen LogP contribution in [0.4, 0.5) is 0 Å². The van der Waals surface area contributed by atoms with E-state index in [4.69, 9.17) is 0 Å². The Morgan fingerprint density at radius 1 is 1.19 bits per heavy atom. The Bertz CT molecular complexity index is 752. The summed E-state index contributed by atoms with van der Waals surface area (Å²) in [6, 6.07) is 9.63. The fourth-order valence-electron chi connectivity index (χ4n) is 1.79. The third kappa shape index (κ3) is 4.24. The van der Waals surface area contributed by atoms with Gasteiger partial charge in [-0.3, -0.25) is 4.79 Å². The van der Waals surface area contributed by atoms with Gasteiger partial charge in [-0.15, -0.1) is 0 Å². The highest BCUT2D eigenvalue weighted by Crippen LogP contribution is 2.09. The zero-order valence-electron chi connectivity index (χ0n) is 11.7. The van der Waals surface area contributed by atoms with E-state index < -0.39 is 10.0 Å². The quantitative estimate of drug-likeness (QED) is 0.805. The largest absolute Gasteiger partial charge is 0.268 e. The van der Waals surface area contributed by atoms with Crippen molar-refractivity contribution in [2.45, 2.75) is 24.8 Å². The van der Waals surface area contributed by atoms with Gasteiger partial charge in [-0.25, -0.2) is 17.8 Å². The normalized spacial score (nSPS) is 11.5. The van der Waals surface area contributed by atoms with Crippen molar-refractivity contribution in [1.29, 1.82) is 0 Å². The Labute approximate surface area is 123 Å². The lowest BCUT2D eigenvalue weighted by atomic mass is 10.2. The summed E-state index contributed by atoms with van der Waals surface area (Å²) < 4.78 is 27.9. The third-order valence-electron chi connectivity index (χ3n) is 2.96. The Morgan fingerprint density at radius 2 is 1.90 bits per heavy atom. The SMILES string of the molecule is Cc1ccc(S(=O)(=O)NCCCn2ncccc2=O)cc1. The molecule has 1 N–H and O–H groups in total. The molecule has 1 heterocycles. The van der Waals surface area contributed by atoms with E-state index in [0.29, 0.717) is 13.0 Å². The molecule has 6 nitrogen and oxygen atoms in total. The van der Waals surface area contributed by atoms with E-state index in [-0.39, 0.29) is 17.0 Å². The van der Waals surface area contributed by atoms with Gasteiger partial charge < -0.3 is 0 Å². The van der Waals surface area contributed by atoms with E-state index in [9.17, 15) is 13.2 Å². The van der Waals surface area contributed by atoms with E-state index in [1.54, 1.807) is 30.3 Å². The average molecular weight is 307 g/mol. The van der Waals surface area contributed by atoms with Crippen molar-refractivity contribution in [2.24, 2.45) is 0 Å². The summed E-state index contributed by atoms with van der Waals surface area (Å²) in [5.74, 6) is 0. The molecular weight excluding hydrogens is 290 g/mol. The van der Waals surface area contributed by atoms with Crippen LogP contribution >= 0.6 is 0 Å². The van der Waals surface area contributed by atoms with Gasteiger partial charge in [-0.05, 0) is 31.5 Å². The fourth-order valence-corrected chi connectivity index (χ4v) is 2.87. The topological polar surface area (TPSA) is 81.1 Å². The number of hydrogen-bond acceptors (Lipinski definition) is 4. The predicted octanol–water partition coefficient (Wildman–Crippen LogP) is 0.920. The molecule has 7 heteroatoms. The first-order valence-electron chi connectivity index (χ1n) is 6.57. The van der Waals surface area contributed by atoms with E-state index in [2.05, 4.69) is 9.82 Å². The standard InChI is InChI=1S/C14H17N3O3S/c1-12-5-7-13(8-6-12)21(19,20)16-10-3-11-17-14(18)4-2-9-15-17/h2,4-9,16H,3,10-11H2,1H3. The molecule has 0 saturated heterocycles. The summed E-state index contributed by atoms with van der Waals surface area (Å²) in [6.45, 7) is 2.52. The van der Waals surface area contributed by atoms with Crippen LogP contribution < -0.4 is 10.3 Å². The third-order valence-corrected chi connectivity index (χ3v) is 4.43. The second-order valence-corrected chi connectivity index (χ2v) is 6.42. The van der Waals surface area contributed by atoms with Crippen LogP contribution in [-0.4, -0.2) is 24.7 Å². The average Bonchev–Trinajstić information content (AvgIpc) is 2.46. The number of aromatic nitrogens is 2. The predicted molar refractivity (Wildman–Crippen MR) is 79.5 cm³/mol. The van der Waals surface area contributed by atoms with Gasteiger partial charge in [0.1, 0.15) is 0 Å². The molecule has 0 aliphatic carbocycles. The zero-order valence-corrected chi connectivity index (χ0v) is 12.5. The molecule has 0 radical (unpaired) electrons. The summed E-state index contributed by atoms with van der Waals surface area (Å²) in [6.07, 6.45) is 2.01. The molecule has 0 fully saturated rings. The van der Waals surface area contributed by atoms with E-state index in [0.717, 1.165) is 5.56 Å². The van der Waals surface area contributed by atoms with Crippen LogP contribution in [-0.2, 0) is 16.6 Å². The molecule has 1 aromatic heterocycles. The van der Waals surface area contributed by atoms with Crippen molar-refractivity contribution >= 4 is 10.0 Å². The molecule has 0 bridgehead atoms. The van der Waals surface area contributed by atoms with Gasteiger partial charge in [0, 0.05) is 25.4 Å². The lowest BCUT2D eigenvalue weighted by Crippen LogP contribution is -2.27. The minimum Gasteiger partial charge on any atom is -0.268 e. The fraction of sp³-hybridized carbons (Fsp3) is 0.286. The van der Waals surface area contributed by atoms with Gasteiger partial charge in [0.25, 0.3) is 5.56 Å². The summed E-state index contributed by atoms with van der Waals surface area (Å²) in [4.78, 5) is 11.7. The summed E-state index contributed by atoms with van der Waals surface area (Å²) in [7, 11) is -3.50. The molecule has 2 aromatic rings. The molecule has 0 spiro atoms. The molecule has 112 valence electrons. The minimum absolute atomic E-state index is 0.195. The first-order valence-corrected chi connectivity index (χ1v) is 8.06. The number of hydrogen-bond donors (Lipinski definition) is 1. The van der Waals surface area contributed by atoms with Crippen molar-refractivity contribution < 1.29 is 8.42 Å². The summed E-state index contributed by atoms with van der Waals surface area (Å²) in [5, 5.41) is 3.91. The lowest BCUT2D eigenvalue weighted by Gasteiger charge is -2.07. The number of rotatable bonds is 6. The summed E-state index contributed by atoms with van der Waals surface area (Å²) >= 11 is 0. The van der Waals surface area contributed by atoms with Crippen LogP contribution in [0.5, 0.6) is 0 Å². The molecule has 2 rings (SSSR count). The van der Waals surface area contributed by atoms with Crippen molar-refractivity contribution in [1.82, 2.24) is 14.5 Å². The Morgan fingerprint density at radius 3 is 2.57 bits per heavy atom.